The van der Waals surface area contributed by atoms with Gasteiger partial charge in [-0.15, -0.1) is 0 Å². The van der Waals surface area contributed by atoms with Gasteiger partial charge in [0.15, 0.2) is 9.84 Å². The molecule has 2 aromatic carbocycles. The average molecular weight is 441 g/mol. The molecule has 1 atom stereocenters. The molecule has 1 heterocycles. The second-order valence-electron chi connectivity index (χ2n) is 6.86. The van der Waals surface area contributed by atoms with E-state index in [1.165, 1.54) is 11.9 Å². The summed E-state index contributed by atoms with van der Waals surface area (Å²) >= 11 is 0. The predicted octanol–water partition coefficient (Wildman–Crippen LogP) is 1.67. The van der Waals surface area contributed by atoms with Gasteiger partial charge in [0.2, 0.25) is 5.91 Å². The van der Waals surface area contributed by atoms with Crippen molar-refractivity contribution in [3.05, 3.63) is 60.4 Å². The Morgan fingerprint density at radius 1 is 1.10 bits per heavy atom. The van der Waals surface area contributed by atoms with E-state index < -0.39 is 44.2 Å². The molecular formula is C19H21FN2O5S2. The van der Waals surface area contributed by atoms with Crippen LogP contribution in [0.2, 0.25) is 0 Å². The number of likely N-dealkylation sites (N-methyl/N-ethyl adjacent to an activating group) is 1. The summed E-state index contributed by atoms with van der Waals surface area (Å²) in [6.07, 6.45) is 0.320. The molecule has 1 fully saturated rings. The van der Waals surface area contributed by atoms with E-state index in [1.807, 2.05) is 0 Å². The number of nitrogens with zero attached hydrogens (tertiary/aromatic N) is 2. The lowest BCUT2D eigenvalue weighted by molar-refractivity contribution is -0.129. The topological polar surface area (TPSA) is 91.8 Å². The van der Waals surface area contributed by atoms with Crippen molar-refractivity contribution in [3.8, 4) is 0 Å². The van der Waals surface area contributed by atoms with Crippen molar-refractivity contribution in [2.24, 2.45) is 0 Å². The van der Waals surface area contributed by atoms with Gasteiger partial charge in [-0.2, -0.15) is 0 Å². The van der Waals surface area contributed by atoms with Crippen LogP contribution in [0, 0.1) is 5.82 Å². The molecule has 10 heteroatoms. The lowest BCUT2D eigenvalue weighted by Crippen LogP contribution is -2.45. The summed E-state index contributed by atoms with van der Waals surface area (Å²) in [5.74, 6) is -1.23. The number of sulfone groups is 1. The Morgan fingerprint density at radius 3 is 2.28 bits per heavy atom. The van der Waals surface area contributed by atoms with Crippen LogP contribution < -0.4 is 4.31 Å². The number of benzene rings is 2. The standard InChI is InChI=1S/C19H21FN2O5S2/c1-21(17-11-12-28(24,25)14-17)19(23)13-22(16-5-3-2-4-6-16)29(26,27)18-9-7-15(20)8-10-18/h2-10,17H,11-14H2,1H3/t17-/m0/s1. The minimum Gasteiger partial charge on any atom is -0.340 e. The zero-order valence-electron chi connectivity index (χ0n) is 15.7. The molecule has 7 nitrogen and oxygen atoms in total. The van der Waals surface area contributed by atoms with E-state index in [2.05, 4.69) is 0 Å². The van der Waals surface area contributed by atoms with E-state index in [-0.39, 0.29) is 22.1 Å². The first kappa shape index (κ1) is 21.3. The number of hydrogen-bond donors (Lipinski definition) is 0. The van der Waals surface area contributed by atoms with E-state index in [1.54, 1.807) is 30.3 Å². The van der Waals surface area contributed by atoms with Crippen molar-refractivity contribution in [1.29, 1.82) is 0 Å². The molecule has 1 aliphatic rings. The fourth-order valence-corrected chi connectivity index (χ4v) is 6.35. The molecule has 1 aliphatic heterocycles. The average Bonchev–Trinajstić information content (AvgIpc) is 3.06. The third kappa shape index (κ3) is 4.76. The maximum atomic E-state index is 13.2. The lowest BCUT2D eigenvalue weighted by atomic mass is 10.2. The van der Waals surface area contributed by atoms with Crippen molar-refractivity contribution in [1.82, 2.24) is 4.90 Å². The summed E-state index contributed by atoms with van der Waals surface area (Å²) in [6, 6.07) is 11.9. The third-order valence-corrected chi connectivity index (χ3v) is 8.41. The molecule has 0 unspecified atom stereocenters. The van der Waals surface area contributed by atoms with Crippen LogP contribution in [0.5, 0.6) is 0 Å². The molecule has 0 aromatic heterocycles. The van der Waals surface area contributed by atoms with Crippen LogP contribution in [0.4, 0.5) is 10.1 Å². The van der Waals surface area contributed by atoms with E-state index >= 15 is 0 Å². The number of para-hydroxylation sites is 1. The van der Waals surface area contributed by atoms with Crippen molar-refractivity contribution in [2.75, 3.05) is 29.4 Å². The summed E-state index contributed by atoms with van der Waals surface area (Å²) in [5.41, 5.74) is 0.276. The van der Waals surface area contributed by atoms with Gasteiger partial charge in [0, 0.05) is 13.1 Å². The van der Waals surface area contributed by atoms with Crippen LogP contribution in [0.3, 0.4) is 0 Å². The molecule has 156 valence electrons. The largest absolute Gasteiger partial charge is 0.340 e. The number of hydrogen-bond acceptors (Lipinski definition) is 5. The number of carbonyl (C=O) groups excluding carboxylic acids is 1. The summed E-state index contributed by atoms with van der Waals surface area (Å²) in [7, 11) is -5.86. The highest BCUT2D eigenvalue weighted by atomic mass is 32.2. The van der Waals surface area contributed by atoms with Gasteiger partial charge >= 0.3 is 0 Å². The minimum atomic E-state index is -4.14. The Kier molecular flexibility index (Phi) is 5.95. The second kappa shape index (κ2) is 8.11. The van der Waals surface area contributed by atoms with Crippen molar-refractivity contribution in [2.45, 2.75) is 17.4 Å². The molecular weight excluding hydrogens is 419 g/mol. The molecule has 2 aromatic rings. The first-order valence-electron chi connectivity index (χ1n) is 8.89. The zero-order chi connectivity index (χ0) is 21.2. The molecule has 0 bridgehead atoms. The number of amides is 1. The van der Waals surface area contributed by atoms with E-state index in [9.17, 15) is 26.0 Å². The Hall–Kier alpha value is -2.46. The Balaban J connectivity index is 1.90. The van der Waals surface area contributed by atoms with Crippen LogP contribution in [0.15, 0.2) is 59.5 Å². The fourth-order valence-electron chi connectivity index (χ4n) is 3.16. The third-order valence-electron chi connectivity index (χ3n) is 4.87. The van der Waals surface area contributed by atoms with Crippen molar-refractivity contribution >= 4 is 31.5 Å². The number of rotatable bonds is 6. The van der Waals surface area contributed by atoms with Gasteiger partial charge in [0.25, 0.3) is 10.0 Å². The van der Waals surface area contributed by atoms with Crippen LogP contribution in [0.1, 0.15) is 6.42 Å². The number of anilines is 1. The van der Waals surface area contributed by atoms with Gasteiger partial charge in [-0.05, 0) is 42.8 Å². The summed E-state index contributed by atoms with van der Waals surface area (Å²) < 4.78 is 63.9. The van der Waals surface area contributed by atoms with Crippen LogP contribution >= 0.6 is 0 Å². The minimum absolute atomic E-state index is 0.00552. The number of sulfonamides is 1. The smallest absolute Gasteiger partial charge is 0.264 e. The first-order valence-corrected chi connectivity index (χ1v) is 12.2. The van der Waals surface area contributed by atoms with Crippen LogP contribution in [-0.4, -0.2) is 58.8 Å². The SMILES string of the molecule is CN(C(=O)CN(c1ccccc1)S(=O)(=O)c1ccc(F)cc1)[C@H]1CCS(=O)(=O)C1. The molecule has 1 amide bonds. The first-order chi connectivity index (χ1) is 13.6. The van der Waals surface area contributed by atoms with Crippen molar-refractivity contribution < 1.29 is 26.0 Å². The lowest BCUT2D eigenvalue weighted by Gasteiger charge is -2.29. The zero-order valence-corrected chi connectivity index (χ0v) is 17.4. The Labute approximate surface area is 169 Å². The Morgan fingerprint density at radius 2 is 1.72 bits per heavy atom. The molecule has 0 N–H and O–H groups in total. The van der Waals surface area contributed by atoms with E-state index in [0.29, 0.717) is 6.42 Å². The number of halogens is 1. The second-order valence-corrected chi connectivity index (χ2v) is 11.0. The van der Waals surface area contributed by atoms with Crippen molar-refractivity contribution in [3.63, 3.8) is 0 Å². The Bertz CT molecular complexity index is 1090. The van der Waals surface area contributed by atoms with Crippen LogP contribution in [0.25, 0.3) is 0 Å². The molecule has 0 aliphatic carbocycles. The van der Waals surface area contributed by atoms with Crippen LogP contribution in [-0.2, 0) is 24.7 Å². The molecule has 3 rings (SSSR count). The molecule has 1 saturated heterocycles. The maximum absolute atomic E-state index is 13.2. The van der Waals surface area contributed by atoms with Gasteiger partial charge in [0.1, 0.15) is 12.4 Å². The van der Waals surface area contributed by atoms with E-state index in [0.717, 1.165) is 28.6 Å². The molecule has 0 saturated carbocycles. The molecule has 29 heavy (non-hydrogen) atoms. The highest BCUT2D eigenvalue weighted by molar-refractivity contribution is 7.93. The summed E-state index contributed by atoms with van der Waals surface area (Å²) in [4.78, 5) is 14.0. The number of carbonyl (C=O) groups is 1. The quantitative estimate of drug-likeness (QED) is 0.681. The van der Waals surface area contributed by atoms with Gasteiger partial charge in [0.05, 0.1) is 22.1 Å². The van der Waals surface area contributed by atoms with Gasteiger partial charge < -0.3 is 4.90 Å². The van der Waals surface area contributed by atoms with Gasteiger partial charge in [-0.1, -0.05) is 18.2 Å². The van der Waals surface area contributed by atoms with Gasteiger partial charge in [-0.25, -0.2) is 21.2 Å². The summed E-state index contributed by atoms with van der Waals surface area (Å²) in [5, 5.41) is 0. The highest BCUT2D eigenvalue weighted by Crippen LogP contribution is 2.24. The fraction of sp³-hybridized carbons (Fsp3) is 0.316. The predicted molar refractivity (Wildman–Crippen MR) is 107 cm³/mol. The monoisotopic (exact) mass is 440 g/mol. The molecule has 0 spiro atoms. The van der Waals surface area contributed by atoms with E-state index in [4.69, 9.17) is 0 Å². The molecule has 0 radical (unpaired) electrons. The van der Waals surface area contributed by atoms with Gasteiger partial charge in [-0.3, -0.25) is 9.10 Å². The normalized spacial score (nSPS) is 18.3. The summed E-state index contributed by atoms with van der Waals surface area (Å²) in [6.45, 7) is -0.503. The maximum Gasteiger partial charge on any atom is 0.264 e. The highest BCUT2D eigenvalue weighted by Gasteiger charge is 2.35.